The van der Waals surface area contributed by atoms with Crippen molar-refractivity contribution in [1.82, 2.24) is 15.5 Å². The van der Waals surface area contributed by atoms with Gasteiger partial charge in [-0.2, -0.15) is 0 Å². The Balaban J connectivity index is 1.27. The van der Waals surface area contributed by atoms with Crippen LogP contribution in [0.25, 0.3) is 0 Å². The molecule has 2 N–H and O–H groups in total. The molecule has 0 saturated carbocycles. The normalized spacial score (nSPS) is 34.8. The van der Waals surface area contributed by atoms with Crippen LogP contribution < -0.4 is 10.6 Å². The molecule has 5 nitrogen and oxygen atoms in total. The lowest BCUT2D eigenvalue weighted by atomic mass is 9.96. The fraction of sp³-hybridized carbons (Fsp3) is 0.944. The summed E-state index contributed by atoms with van der Waals surface area (Å²) in [7, 11) is 1.86. The molecule has 0 aliphatic carbocycles. The first kappa shape index (κ1) is 17.0. The molecule has 3 fully saturated rings. The van der Waals surface area contributed by atoms with Crippen LogP contribution in [0.1, 0.15) is 51.9 Å². The molecule has 4 atom stereocenters. The van der Waals surface area contributed by atoms with Gasteiger partial charge in [-0.1, -0.05) is 6.92 Å². The van der Waals surface area contributed by atoms with Crippen molar-refractivity contribution in [3.05, 3.63) is 0 Å². The maximum absolute atomic E-state index is 5.90. The van der Waals surface area contributed by atoms with E-state index >= 15 is 0 Å². The van der Waals surface area contributed by atoms with E-state index in [4.69, 9.17) is 4.74 Å². The lowest BCUT2D eigenvalue weighted by molar-refractivity contribution is 0.0992. The van der Waals surface area contributed by atoms with Gasteiger partial charge in [-0.25, -0.2) is 0 Å². The minimum Gasteiger partial charge on any atom is -0.373 e. The van der Waals surface area contributed by atoms with E-state index in [-0.39, 0.29) is 0 Å². The van der Waals surface area contributed by atoms with Crippen molar-refractivity contribution in [1.29, 1.82) is 0 Å². The monoisotopic (exact) mass is 322 g/mol. The zero-order valence-corrected chi connectivity index (χ0v) is 14.9. The van der Waals surface area contributed by atoms with E-state index in [0.29, 0.717) is 18.2 Å². The molecule has 5 heteroatoms. The fourth-order valence-corrected chi connectivity index (χ4v) is 4.32. The molecular weight excluding hydrogens is 288 g/mol. The minimum absolute atomic E-state index is 0.402. The van der Waals surface area contributed by atoms with Gasteiger partial charge in [-0.05, 0) is 64.0 Å². The molecule has 3 heterocycles. The Morgan fingerprint density at radius 1 is 1.26 bits per heavy atom. The van der Waals surface area contributed by atoms with Crippen molar-refractivity contribution in [2.24, 2.45) is 10.9 Å². The average Bonchev–Trinajstić information content (AvgIpc) is 3.16. The highest BCUT2D eigenvalue weighted by Crippen LogP contribution is 2.34. The van der Waals surface area contributed by atoms with Crippen LogP contribution in [0.4, 0.5) is 0 Å². The van der Waals surface area contributed by atoms with Gasteiger partial charge in [0.05, 0.1) is 18.2 Å². The molecule has 3 aliphatic heterocycles. The molecule has 0 amide bonds. The van der Waals surface area contributed by atoms with Gasteiger partial charge in [0.2, 0.25) is 0 Å². The van der Waals surface area contributed by atoms with Gasteiger partial charge in [0.15, 0.2) is 5.96 Å². The fourth-order valence-electron chi connectivity index (χ4n) is 4.32. The second-order valence-electron chi connectivity index (χ2n) is 7.61. The standard InChI is InChI=1S/C18H34N4O/c1-14-6-5-11-22(13-14)10-4-3-9-20-18(19-2)21-16-12-15-7-8-17(16)23-15/h14-17H,3-13H2,1-2H3,(H2,19,20,21). The molecule has 4 unspecified atom stereocenters. The first-order valence-electron chi connectivity index (χ1n) is 9.59. The van der Waals surface area contributed by atoms with E-state index in [1.807, 2.05) is 7.05 Å². The van der Waals surface area contributed by atoms with Gasteiger partial charge >= 0.3 is 0 Å². The van der Waals surface area contributed by atoms with Gasteiger partial charge in [0.25, 0.3) is 0 Å². The third kappa shape index (κ3) is 4.83. The summed E-state index contributed by atoms with van der Waals surface area (Å²) < 4.78 is 5.90. The molecule has 0 aromatic carbocycles. The van der Waals surface area contributed by atoms with Crippen LogP contribution >= 0.6 is 0 Å². The van der Waals surface area contributed by atoms with Gasteiger partial charge in [-0.3, -0.25) is 4.99 Å². The smallest absolute Gasteiger partial charge is 0.191 e. The zero-order chi connectivity index (χ0) is 16.1. The van der Waals surface area contributed by atoms with Crippen LogP contribution in [-0.4, -0.2) is 62.3 Å². The summed E-state index contributed by atoms with van der Waals surface area (Å²) in [6.07, 6.45) is 9.74. The van der Waals surface area contributed by atoms with E-state index < -0.39 is 0 Å². The summed E-state index contributed by atoms with van der Waals surface area (Å²) in [5.74, 6) is 1.83. The van der Waals surface area contributed by atoms with E-state index in [9.17, 15) is 0 Å². The Hall–Kier alpha value is -0.810. The van der Waals surface area contributed by atoms with Crippen LogP contribution in [0.3, 0.4) is 0 Å². The highest BCUT2D eigenvalue weighted by atomic mass is 16.5. The number of fused-ring (bicyclic) bond motifs is 2. The Kier molecular flexibility index (Phi) is 6.17. The summed E-state index contributed by atoms with van der Waals surface area (Å²) in [6.45, 7) is 7.22. The average molecular weight is 322 g/mol. The number of rotatable bonds is 6. The second-order valence-corrected chi connectivity index (χ2v) is 7.61. The topological polar surface area (TPSA) is 48.9 Å². The third-order valence-electron chi connectivity index (χ3n) is 5.59. The van der Waals surface area contributed by atoms with E-state index in [1.54, 1.807) is 0 Å². The predicted octanol–water partition coefficient (Wildman–Crippen LogP) is 1.98. The number of piperidine rings is 1. The lowest BCUT2D eigenvalue weighted by Crippen LogP contribution is -2.47. The molecule has 2 bridgehead atoms. The number of nitrogens with zero attached hydrogens (tertiary/aromatic N) is 2. The molecule has 3 aliphatic rings. The van der Waals surface area contributed by atoms with Crippen molar-refractivity contribution in [3.8, 4) is 0 Å². The summed E-state index contributed by atoms with van der Waals surface area (Å²) in [5.41, 5.74) is 0. The molecule has 0 radical (unpaired) electrons. The lowest BCUT2D eigenvalue weighted by Gasteiger charge is -2.30. The summed E-state index contributed by atoms with van der Waals surface area (Å²) in [4.78, 5) is 6.99. The van der Waals surface area contributed by atoms with E-state index in [2.05, 4.69) is 27.4 Å². The Labute approximate surface area is 141 Å². The maximum atomic E-state index is 5.90. The number of guanidine groups is 1. The Morgan fingerprint density at radius 3 is 2.87 bits per heavy atom. The van der Waals surface area contributed by atoms with Crippen LogP contribution in [-0.2, 0) is 4.74 Å². The van der Waals surface area contributed by atoms with Gasteiger partial charge in [0.1, 0.15) is 0 Å². The Morgan fingerprint density at radius 2 is 2.17 bits per heavy atom. The molecule has 3 rings (SSSR count). The van der Waals surface area contributed by atoms with Crippen LogP contribution in [0.2, 0.25) is 0 Å². The maximum Gasteiger partial charge on any atom is 0.191 e. The number of likely N-dealkylation sites (tertiary alicyclic amines) is 1. The van der Waals surface area contributed by atoms with Crippen molar-refractivity contribution in [2.75, 3.05) is 33.2 Å². The molecule has 0 aromatic rings. The highest BCUT2D eigenvalue weighted by molar-refractivity contribution is 5.80. The number of unbranched alkanes of at least 4 members (excludes halogenated alkanes) is 1. The van der Waals surface area contributed by atoms with Gasteiger partial charge in [-0.15, -0.1) is 0 Å². The van der Waals surface area contributed by atoms with Crippen molar-refractivity contribution in [2.45, 2.75) is 70.1 Å². The minimum atomic E-state index is 0.402. The van der Waals surface area contributed by atoms with Crippen LogP contribution in [0, 0.1) is 5.92 Å². The van der Waals surface area contributed by atoms with E-state index in [0.717, 1.165) is 24.8 Å². The molecule has 132 valence electrons. The Bertz CT molecular complexity index is 400. The molecule has 0 spiro atoms. The molecular formula is C18H34N4O. The molecule has 0 aromatic heterocycles. The number of aliphatic imine (C=N–C) groups is 1. The number of hydrogen-bond donors (Lipinski definition) is 2. The molecule has 3 saturated heterocycles. The highest BCUT2D eigenvalue weighted by Gasteiger charge is 2.41. The number of ether oxygens (including phenoxy) is 1. The molecule has 23 heavy (non-hydrogen) atoms. The van der Waals surface area contributed by atoms with Gasteiger partial charge < -0.3 is 20.3 Å². The SMILES string of the molecule is CN=C(NCCCCN1CCCC(C)C1)NC1CC2CCC1O2. The third-order valence-corrected chi connectivity index (χ3v) is 5.59. The van der Waals surface area contributed by atoms with E-state index in [1.165, 1.54) is 58.2 Å². The van der Waals surface area contributed by atoms with Crippen molar-refractivity contribution in [3.63, 3.8) is 0 Å². The van der Waals surface area contributed by atoms with Crippen LogP contribution in [0.5, 0.6) is 0 Å². The quantitative estimate of drug-likeness (QED) is 0.446. The first-order valence-corrected chi connectivity index (χ1v) is 9.59. The number of nitrogens with one attached hydrogen (secondary N) is 2. The summed E-state index contributed by atoms with van der Waals surface area (Å²) >= 11 is 0. The van der Waals surface area contributed by atoms with Gasteiger partial charge in [0, 0.05) is 20.1 Å². The first-order chi connectivity index (χ1) is 11.2. The van der Waals surface area contributed by atoms with Crippen molar-refractivity contribution >= 4 is 5.96 Å². The van der Waals surface area contributed by atoms with Crippen molar-refractivity contribution < 1.29 is 4.74 Å². The largest absolute Gasteiger partial charge is 0.373 e. The summed E-state index contributed by atoms with van der Waals surface area (Å²) in [5, 5.41) is 7.01. The zero-order valence-electron chi connectivity index (χ0n) is 14.9. The number of hydrogen-bond acceptors (Lipinski definition) is 3. The summed E-state index contributed by atoms with van der Waals surface area (Å²) in [6, 6.07) is 0.454. The second kappa shape index (κ2) is 8.34. The van der Waals surface area contributed by atoms with Crippen LogP contribution in [0.15, 0.2) is 4.99 Å². The predicted molar refractivity (Wildman–Crippen MR) is 94.9 cm³/mol.